The lowest BCUT2D eigenvalue weighted by molar-refractivity contribution is -0.152. The molecule has 0 spiro atoms. The maximum absolute atomic E-state index is 12.1. The number of hydrogen-bond acceptors (Lipinski definition) is 5. The molecule has 29 heavy (non-hydrogen) atoms. The van der Waals surface area contributed by atoms with E-state index in [0.717, 1.165) is 12.0 Å². The number of carbonyl (C=O) groups excluding carboxylic acids is 3. The fourth-order valence-corrected chi connectivity index (χ4v) is 2.61. The van der Waals surface area contributed by atoms with E-state index in [1.165, 1.54) is 17.4 Å². The van der Waals surface area contributed by atoms with Gasteiger partial charge in [-0.05, 0) is 48.7 Å². The van der Waals surface area contributed by atoms with Crippen LogP contribution in [0.1, 0.15) is 41.8 Å². The minimum atomic E-state index is -0.501. The van der Waals surface area contributed by atoms with Crippen LogP contribution in [0.5, 0.6) is 5.75 Å². The second-order valence-electron chi connectivity index (χ2n) is 6.76. The lowest BCUT2D eigenvalue weighted by atomic mass is 10.1. The maximum Gasteiger partial charge on any atom is 0.309 e. The number of amides is 1. The molecule has 0 aliphatic heterocycles. The van der Waals surface area contributed by atoms with Gasteiger partial charge in [-0.2, -0.15) is 0 Å². The van der Waals surface area contributed by atoms with Crippen LogP contribution in [0.3, 0.4) is 0 Å². The van der Waals surface area contributed by atoms with Crippen LogP contribution in [-0.4, -0.2) is 42.8 Å². The third-order valence-electron chi connectivity index (χ3n) is 4.47. The van der Waals surface area contributed by atoms with E-state index in [1.54, 1.807) is 31.3 Å². The molecule has 0 N–H and O–H groups in total. The fraction of sp³-hybridized carbons (Fsp3) is 0.348. The van der Waals surface area contributed by atoms with Gasteiger partial charge in [0.25, 0.3) is 5.91 Å². The molecular formula is C23H27NO5. The first kappa shape index (κ1) is 22.1. The van der Waals surface area contributed by atoms with Crippen molar-refractivity contribution in [2.45, 2.75) is 33.2 Å². The quantitative estimate of drug-likeness (QED) is 0.454. The Hall–Kier alpha value is -3.15. The fourth-order valence-electron chi connectivity index (χ4n) is 2.61. The number of rotatable bonds is 10. The average molecular weight is 397 g/mol. The number of ether oxygens (including phenoxy) is 2. The topological polar surface area (TPSA) is 72.9 Å². The van der Waals surface area contributed by atoms with E-state index in [0.29, 0.717) is 17.9 Å². The number of esters is 1. The third kappa shape index (κ3) is 7.41. The molecule has 0 bridgehead atoms. The molecule has 0 fully saturated rings. The molecule has 0 radical (unpaired) electrons. The molecule has 0 aromatic heterocycles. The van der Waals surface area contributed by atoms with Crippen molar-refractivity contribution < 1.29 is 23.9 Å². The van der Waals surface area contributed by atoms with Gasteiger partial charge in [0.1, 0.15) is 5.75 Å². The summed E-state index contributed by atoms with van der Waals surface area (Å²) in [5, 5.41) is 0. The second-order valence-corrected chi connectivity index (χ2v) is 6.76. The molecular weight excluding hydrogens is 370 g/mol. The number of nitrogens with zero attached hydrogens (tertiary/aromatic N) is 1. The van der Waals surface area contributed by atoms with Crippen molar-refractivity contribution >= 4 is 17.7 Å². The lowest BCUT2D eigenvalue weighted by Gasteiger charge is -2.17. The van der Waals surface area contributed by atoms with Gasteiger partial charge in [-0.3, -0.25) is 14.4 Å². The van der Waals surface area contributed by atoms with Crippen LogP contribution < -0.4 is 4.74 Å². The van der Waals surface area contributed by atoms with Gasteiger partial charge < -0.3 is 14.4 Å². The summed E-state index contributed by atoms with van der Waals surface area (Å²) in [6.45, 7) is 3.88. The number of likely N-dealkylation sites (N-methyl/N-ethyl adjacent to an activating group) is 1. The van der Waals surface area contributed by atoms with Gasteiger partial charge >= 0.3 is 5.97 Å². The summed E-state index contributed by atoms with van der Waals surface area (Å²) in [6, 6.07) is 14.8. The molecule has 0 saturated carbocycles. The summed E-state index contributed by atoms with van der Waals surface area (Å²) in [4.78, 5) is 36.7. The van der Waals surface area contributed by atoms with Crippen molar-refractivity contribution in [2.75, 3.05) is 20.3 Å². The second kappa shape index (κ2) is 11.0. The summed E-state index contributed by atoms with van der Waals surface area (Å²) >= 11 is 0. The zero-order valence-corrected chi connectivity index (χ0v) is 17.1. The third-order valence-corrected chi connectivity index (χ3v) is 4.47. The van der Waals surface area contributed by atoms with Crippen LogP contribution in [-0.2, 0) is 27.3 Å². The molecule has 154 valence electrons. The Labute approximate surface area is 171 Å². The molecule has 0 unspecified atom stereocenters. The van der Waals surface area contributed by atoms with E-state index in [-0.39, 0.29) is 31.3 Å². The Balaban J connectivity index is 1.67. The van der Waals surface area contributed by atoms with E-state index >= 15 is 0 Å². The van der Waals surface area contributed by atoms with Gasteiger partial charge in [0.2, 0.25) is 0 Å². The van der Waals surface area contributed by atoms with E-state index in [1.807, 2.05) is 24.3 Å². The molecule has 2 rings (SSSR count). The molecule has 6 nitrogen and oxygen atoms in total. The first-order valence-corrected chi connectivity index (χ1v) is 9.60. The van der Waals surface area contributed by atoms with Crippen molar-refractivity contribution in [3.63, 3.8) is 0 Å². The minimum absolute atomic E-state index is 0.0206. The monoisotopic (exact) mass is 397 g/mol. The summed E-state index contributed by atoms with van der Waals surface area (Å²) in [5.74, 6) is -0.224. The zero-order chi connectivity index (χ0) is 21.2. The van der Waals surface area contributed by atoms with Crippen LogP contribution in [0.15, 0.2) is 48.5 Å². The maximum atomic E-state index is 12.1. The highest BCUT2D eigenvalue weighted by atomic mass is 16.5. The Bertz CT molecular complexity index is 827. The smallest absolute Gasteiger partial charge is 0.309 e. The van der Waals surface area contributed by atoms with Crippen molar-refractivity contribution in [1.82, 2.24) is 4.90 Å². The number of benzene rings is 2. The highest BCUT2D eigenvalue weighted by Crippen LogP contribution is 2.13. The van der Waals surface area contributed by atoms with Gasteiger partial charge in [0.15, 0.2) is 12.4 Å². The molecule has 0 aliphatic rings. The molecule has 0 heterocycles. The zero-order valence-electron chi connectivity index (χ0n) is 17.1. The highest BCUT2D eigenvalue weighted by molar-refractivity contribution is 5.94. The SMILES string of the molecule is CCc1ccc(CN(C)C(=O)COC(=O)CCOc2ccc(C(C)=O)cc2)cc1. The molecule has 1 amide bonds. The van der Waals surface area contributed by atoms with Crippen molar-refractivity contribution in [3.05, 3.63) is 65.2 Å². The van der Waals surface area contributed by atoms with E-state index < -0.39 is 5.97 Å². The first-order valence-electron chi connectivity index (χ1n) is 9.60. The Morgan fingerprint density at radius 2 is 1.55 bits per heavy atom. The molecule has 6 heteroatoms. The number of ketones is 1. The summed E-state index contributed by atoms with van der Waals surface area (Å²) in [5.41, 5.74) is 2.86. The highest BCUT2D eigenvalue weighted by Gasteiger charge is 2.13. The molecule has 0 aliphatic carbocycles. The molecule has 2 aromatic carbocycles. The first-order chi connectivity index (χ1) is 13.9. The Morgan fingerprint density at radius 1 is 0.931 bits per heavy atom. The average Bonchev–Trinajstić information content (AvgIpc) is 2.72. The van der Waals surface area contributed by atoms with Gasteiger partial charge in [0, 0.05) is 19.2 Å². The Kier molecular flexibility index (Phi) is 8.40. The van der Waals surface area contributed by atoms with Crippen LogP contribution >= 0.6 is 0 Å². The summed E-state index contributed by atoms with van der Waals surface area (Å²) in [7, 11) is 1.68. The predicted molar refractivity (Wildman–Crippen MR) is 110 cm³/mol. The van der Waals surface area contributed by atoms with Crippen molar-refractivity contribution in [3.8, 4) is 5.75 Å². The molecule has 0 saturated heterocycles. The summed E-state index contributed by atoms with van der Waals surface area (Å²) < 4.78 is 10.5. The largest absolute Gasteiger partial charge is 0.493 e. The van der Waals surface area contributed by atoms with Crippen LogP contribution in [0.25, 0.3) is 0 Å². The predicted octanol–water partition coefficient (Wildman–Crippen LogP) is 3.42. The van der Waals surface area contributed by atoms with Crippen LogP contribution in [0.2, 0.25) is 0 Å². The molecule has 2 aromatic rings. The van der Waals surface area contributed by atoms with E-state index in [4.69, 9.17) is 9.47 Å². The number of hydrogen-bond donors (Lipinski definition) is 0. The number of carbonyl (C=O) groups is 3. The number of aryl methyl sites for hydroxylation is 1. The van der Waals surface area contributed by atoms with Gasteiger partial charge in [-0.15, -0.1) is 0 Å². The van der Waals surface area contributed by atoms with Crippen molar-refractivity contribution in [1.29, 1.82) is 0 Å². The van der Waals surface area contributed by atoms with E-state index in [2.05, 4.69) is 6.92 Å². The van der Waals surface area contributed by atoms with Crippen molar-refractivity contribution in [2.24, 2.45) is 0 Å². The van der Waals surface area contributed by atoms with E-state index in [9.17, 15) is 14.4 Å². The number of Topliss-reactive ketones (excluding diaryl/α,β-unsaturated/α-hetero) is 1. The van der Waals surface area contributed by atoms with Crippen LogP contribution in [0, 0.1) is 0 Å². The van der Waals surface area contributed by atoms with Gasteiger partial charge in [-0.1, -0.05) is 31.2 Å². The summed E-state index contributed by atoms with van der Waals surface area (Å²) in [6.07, 6.45) is 1.00. The van der Waals surface area contributed by atoms with Crippen LogP contribution in [0.4, 0.5) is 0 Å². The normalized spacial score (nSPS) is 10.3. The van der Waals surface area contributed by atoms with Gasteiger partial charge in [0.05, 0.1) is 13.0 Å². The standard InChI is InChI=1S/C23H27NO5/c1-4-18-5-7-19(8-6-18)15-24(3)22(26)16-29-23(27)13-14-28-21-11-9-20(10-12-21)17(2)25/h5-12H,4,13-16H2,1-3H3. The van der Waals surface area contributed by atoms with Gasteiger partial charge in [-0.25, -0.2) is 0 Å². The minimum Gasteiger partial charge on any atom is -0.493 e. The lowest BCUT2D eigenvalue weighted by Crippen LogP contribution is -2.31. The Morgan fingerprint density at radius 3 is 2.14 bits per heavy atom. The molecule has 0 atom stereocenters.